The molecule has 0 bridgehead atoms. The summed E-state index contributed by atoms with van der Waals surface area (Å²) in [7, 11) is -3.30. The SMILES string of the molecule is Cc1cccc(S(=O)(=O)C2(CN)CCCC2)c1. The molecule has 1 aliphatic rings. The summed E-state index contributed by atoms with van der Waals surface area (Å²) in [6.45, 7) is 2.13. The van der Waals surface area contributed by atoms with Gasteiger partial charge in [-0.05, 0) is 37.5 Å². The molecule has 0 aromatic heterocycles. The molecular formula is C13H19NO2S. The highest BCUT2D eigenvalue weighted by Gasteiger charge is 2.45. The van der Waals surface area contributed by atoms with Gasteiger partial charge in [0.15, 0.2) is 9.84 Å². The van der Waals surface area contributed by atoms with Gasteiger partial charge in [0.2, 0.25) is 0 Å². The van der Waals surface area contributed by atoms with Crippen molar-refractivity contribution < 1.29 is 8.42 Å². The number of nitrogens with two attached hydrogens (primary N) is 1. The molecule has 17 heavy (non-hydrogen) atoms. The minimum absolute atomic E-state index is 0.225. The van der Waals surface area contributed by atoms with Crippen molar-refractivity contribution in [2.24, 2.45) is 5.73 Å². The number of benzene rings is 1. The normalized spacial score (nSPS) is 19.4. The van der Waals surface area contributed by atoms with Crippen LogP contribution in [0.25, 0.3) is 0 Å². The first-order valence-electron chi connectivity index (χ1n) is 6.03. The lowest BCUT2D eigenvalue weighted by molar-refractivity contribution is 0.515. The van der Waals surface area contributed by atoms with E-state index >= 15 is 0 Å². The van der Waals surface area contributed by atoms with Gasteiger partial charge in [0.1, 0.15) is 0 Å². The van der Waals surface area contributed by atoms with Gasteiger partial charge in [-0.3, -0.25) is 0 Å². The predicted molar refractivity (Wildman–Crippen MR) is 68.6 cm³/mol. The van der Waals surface area contributed by atoms with E-state index in [-0.39, 0.29) is 6.54 Å². The molecule has 0 saturated heterocycles. The molecular weight excluding hydrogens is 234 g/mol. The largest absolute Gasteiger partial charge is 0.329 e. The lowest BCUT2D eigenvalue weighted by atomic mass is 10.1. The van der Waals surface area contributed by atoms with Crippen LogP contribution in [-0.2, 0) is 9.84 Å². The summed E-state index contributed by atoms with van der Waals surface area (Å²) in [5, 5.41) is 0. The average molecular weight is 253 g/mol. The zero-order chi connectivity index (χ0) is 12.5. The second kappa shape index (κ2) is 4.42. The molecule has 0 aliphatic heterocycles. The van der Waals surface area contributed by atoms with Crippen molar-refractivity contribution >= 4 is 9.84 Å². The van der Waals surface area contributed by atoms with Crippen LogP contribution in [0.1, 0.15) is 31.2 Å². The van der Waals surface area contributed by atoms with Gasteiger partial charge < -0.3 is 5.73 Å². The standard InChI is InChI=1S/C13H19NO2S/c1-11-5-4-6-12(9-11)17(15,16)13(10-14)7-2-3-8-13/h4-6,9H,2-3,7-8,10,14H2,1H3. The molecule has 1 fully saturated rings. The van der Waals surface area contributed by atoms with Crippen molar-refractivity contribution in [1.29, 1.82) is 0 Å². The van der Waals surface area contributed by atoms with Crippen LogP contribution >= 0.6 is 0 Å². The summed E-state index contributed by atoms with van der Waals surface area (Å²) >= 11 is 0. The maximum Gasteiger partial charge on any atom is 0.185 e. The fourth-order valence-electron chi connectivity index (χ4n) is 2.63. The first-order valence-corrected chi connectivity index (χ1v) is 7.52. The Labute approximate surface area is 103 Å². The molecule has 2 N–H and O–H groups in total. The topological polar surface area (TPSA) is 60.2 Å². The predicted octanol–water partition coefficient (Wildman–Crippen LogP) is 2.04. The third-order valence-electron chi connectivity index (χ3n) is 3.76. The number of hydrogen-bond donors (Lipinski definition) is 1. The Hall–Kier alpha value is -0.870. The maximum absolute atomic E-state index is 12.7. The van der Waals surface area contributed by atoms with E-state index in [1.807, 2.05) is 13.0 Å². The van der Waals surface area contributed by atoms with Crippen LogP contribution in [-0.4, -0.2) is 19.7 Å². The van der Waals surface area contributed by atoms with Crippen LogP contribution in [0.2, 0.25) is 0 Å². The minimum atomic E-state index is -3.30. The van der Waals surface area contributed by atoms with Crippen LogP contribution in [0.4, 0.5) is 0 Å². The summed E-state index contributed by atoms with van der Waals surface area (Å²) in [5.41, 5.74) is 6.72. The number of sulfone groups is 1. The molecule has 2 rings (SSSR count). The fourth-order valence-corrected chi connectivity index (χ4v) is 4.78. The van der Waals surface area contributed by atoms with E-state index in [0.29, 0.717) is 17.7 Å². The van der Waals surface area contributed by atoms with E-state index < -0.39 is 14.6 Å². The second-order valence-corrected chi connectivity index (χ2v) is 7.26. The van der Waals surface area contributed by atoms with Crippen molar-refractivity contribution in [3.8, 4) is 0 Å². The van der Waals surface area contributed by atoms with Crippen LogP contribution in [0.3, 0.4) is 0 Å². The molecule has 0 spiro atoms. The zero-order valence-electron chi connectivity index (χ0n) is 10.1. The molecule has 4 heteroatoms. The lowest BCUT2D eigenvalue weighted by Crippen LogP contribution is -2.43. The summed E-state index contributed by atoms with van der Waals surface area (Å²) < 4.78 is 24.6. The van der Waals surface area contributed by atoms with E-state index in [2.05, 4.69) is 0 Å². The molecule has 1 aliphatic carbocycles. The van der Waals surface area contributed by atoms with Crippen molar-refractivity contribution in [3.05, 3.63) is 29.8 Å². The molecule has 0 amide bonds. The van der Waals surface area contributed by atoms with Gasteiger partial charge in [0.05, 0.1) is 9.64 Å². The van der Waals surface area contributed by atoms with Gasteiger partial charge in [-0.25, -0.2) is 8.42 Å². The Balaban J connectivity index is 2.49. The molecule has 0 unspecified atom stereocenters. The first-order chi connectivity index (χ1) is 8.02. The molecule has 1 saturated carbocycles. The van der Waals surface area contributed by atoms with Gasteiger partial charge in [-0.15, -0.1) is 0 Å². The zero-order valence-corrected chi connectivity index (χ0v) is 11.0. The quantitative estimate of drug-likeness (QED) is 0.896. The molecule has 1 aromatic rings. The monoisotopic (exact) mass is 253 g/mol. The molecule has 0 heterocycles. The van der Waals surface area contributed by atoms with Crippen molar-refractivity contribution in [2.45, 2.75) is 42.2 Å². The Morgan fingerprint density at radius 3 is 2.47 bits per heavy atom. The smallest absolute Gasteiger partial charge is 0.185 e. The first kappa shape index (κ1) is 12.6. The average Bonchev–Trinajstić information content (AvgIpc) is 2.79. The lowest BCUT2D eigenvalue weighted by Gasteiger charge is -2.27. The highest BCUT2D eigenvalue weighted by Crippen LogP contribution is 2.39. The fraction of sp³-hybridized carbons (Fsp3) is 0.538. The Morgan fingerprint density at radius 1 is 1.29 bits per heavy atom. The minimum Gasteiger partial charge on any atom is -0.329 e. The summed E-state index contributed by atoms with van der Waals surface area (Å²) in [5.74, 6) is 0. The Morgan fingerprint density at radius 2 is 1.94 bits per heavy atom. The van der Waals surface area contributed by atoms with Gasteiger partial charge in [0, 0.05) is 6.54 Å². The van der Waals surface area contributed by atoms with E-state index in [9.17, 15) is 8.42 Å². The van der Waals surface area contributed by atoms with Crippen molar-refractivity contribution in [3.63, 3.8) is 0 Å². The number of aryl methyl sites for hydroxylation is 1. The van der Waals surface area contributed by atoms with E-state index in [1.165, 1.54) is 0 Å². The number of hydrogen-bond acceptors (Lipinski definition) is 3. The van der Waals surface area contributed by atoms with Crippen LogP contribution in [0.5, 0.6) is 0 Å². The Bertz CT molecular complexity index is 502. The van der Waals surface area contributed by atoms with Crippen LogP contribution in [0.15, 0.2) is 29.2 Å². The molecule has 0 atom stereocenters. The van der Waals surface area contributed by atoms with Gasteiger partial charge in [-0.2, -0.15) is 0 Å². The summed E-state index contributed by atoms with van der Waals surface area (Å²) in [4.78, 5) is 0.421. The van der Waals surface area contributed by atoms with E-state index in [0.717, 1.165) is 18.4 Å². The van der Waals surface area contributed by atoms with Crippen LogP contribution < -0.4 is 5.73 Å². The van der Waals surface area contributed by atoms with Gasteiger partial charge >= 0.3 is 0 Å². The van der Waals surface area contributed by atoms with Gasteiger partial charge in [-0.1, -0.05) is 25.0 Å². The van der Waals surface area contributed by atoms with Crippen molar-refractivity contribution in [1.82, 2.24) is 0 Å². The number of rotatable bonds is 3. The third kappa shape index (κ3) is 2.00. The summed E-state index contributed by atoms with van der Waals surface area (Å²) in [6, 6.07) is 7.12. The highest BCUT2D eigenvalue weighted by atomic mass is 32.2. The molecule has 94 valence electrons. The Kier molecular flexibility index (Phi) is 3.27. The highest BCUT2D eigenvalue weighted by molar-refractivity contribution is 7.92. The molecule has 1 aromatic carbocycles. The maximum atomic E-state index is 12.7. The van der Waals surface area contributed by atoms with Crippen molar-refractivity contribution in [2.75, 3.05) is 6.54 Å². The van der Waals surface area contributed by atoms with Gasteiger partial charge in [0.25, 0.3) is 0 Å². The molecule has 0 radical (unpaired) electrons. The third-order valence-corrected chi connectivity index (χ3v) is 6.35. The van der Waals surface area contributed by atoms with Crippen LogP contribution in [0, 0.1) is 6.92 Å². The summed E-state index contributed by atoms with van der Waals surface area (Å²) in [6.07, 6.45) is 3.31. The van der Waals surface area contributed by atoms with E-state index in [4.69, 9.17) is 5.73 Å². The van der Waals surface area contributed by atoms with E-state index in [1.54, 1.807) is 18.2 Å². The molecule has 3 nitrogen and oxygen atoms in total. The second-order valence-electron chi connectivity index (χ2n) is 4.91.